The summed E-state index contributed by atoms with van der Waals surface area (Å²) in [5.41, 5.74) is 0.340. The molecule has 0 saturated carbocycles. The SMILES string of the molecule is CCOC(=O)CC1=NC(=S)NC1C(=O)OCC. The topological polar surface area (TPSA) is 77.0 Å². The molecule has 1 rings (SSSR count). The van der Waals surface area contributed by atoms with Crippen LogP contribution in [0.15, 0.2) is 4.99 Å². The Morgan fingerprint density at radius 3 is 2.59 bits per heavy atom. The van der Waals surface area contributed by atoms with Crippen LogP contribution in [0.1, 0.15) is 20.3 Å². The van der Waals surface area contributed by atoms with E-state index in [1.807, 2.05) is 0 Å². The van der Waals surface area contributed by atoms with Gasteiger partial charge in [-0.3, -0.25) is 4.79 Å². The number of hydrogen-bond donors (Lipinski definition) is 1. The van der Waals surface area contributed by atoms with E-state index in [1.165, 1.54) is 0 Å². The molecule has 1 aliphatic rings. The van der Waals surface area contributed by atoms with Gasteiger partial charge in [0.1, 0.15) is 0 Å². The minimum Gasteiger partial charge on any atom is -0.466 e. The van der Waals surface area contributed by atoms with E-state index in [0.717, 1.165) is 0 Å². The number of rotatable bonds is 5. The summed E-state index contributed by atoms with van der Waals surface area (Å²) in [5.74, 6) is -0.928. The average Bonchev–Trinajstić information content (AvgIpc) is 2.60. The highest BCUT2D eigenvalue weighted by Gasteiger charge is 2.32. The molecule has 1 unspecified atom stereocenters. The summed E-state index contributed by atoms with van der Waals surface area (Å²) in [4.78, 5) is 26.8. The van der Waals surface area contributed by atoms with Crippen molar-refractivity contribution in [3.63, 3.8) is 0 Å². The normalized spacial score (nSPS) is 18.4. The zero-order chi connectivity index (χ0) is 12.8. The largest absolute Gasteiger partial charge is 0.466 e. The fraction of sp³-hybridized carbons (Fsp3) is 0.600. The second kappa shape index (κ2) is 6.29. The molecule has 7 heteroatoms. The summed E-state index contributed by atoms with van der Waals surface area (Å²) in [5, 5.41) is 2.86. The summed E-state index contributed by atoms with van der Waals surface area (Å²) >= 11 is 4.84. The second-order valence-electron chi connectivity index (χ2n) is 3.22. The van der Waals surface area contributed by atoms with Crippen molar-refractivity contribution in [1.29, 1.82) is 0 Å². The van der Waals surface area contributed by atoms with Crippen LogP contribution < -0.4 is 5.32 Å². The maximum atomic E-state index is 11.6. The van der Waals surface area contributed by atoms with Gasteiger partial charge >= 0.3 is 11.9 Å². The lowest BCUT2D eigenvalue weighted by atomic mass is 10.1. The lowest BCUT2D eigenvalue weighted by Crippen LogP contribution is -2.41. The van der Waals surface area contributed by atoms with Crippen molar-refractivity contribution in [2.24, 2.45) is 4.99 Å². The monoisotopic (exact) mass is 258 g/mol. The van der Waals surface area contributed by atoms with E-state index >= 15 is 0 Å². The molecule has 1 aliphatic heterocycles. The molecule has 0 aromatic carbocycles. The van der Waals surface area contributed by atoms with Crippen LogP contribution in [0.3, 0.4) is 0 Å². The Hall–Kier alpha value is -1.50. The molecule has 0 fully saturated rings. The Morgan fingerprint density at radius 2 is 2.00 bits per heavy atom. The lowest BCUT2D eigenvalue weighted by molar-refractivity contribution is -0.143. The van der Waals surface area contributed by atoms with Crippen molar-refractivity contribution in [3.05, 3.63) is 0 Å². The van der Waals surface area contributed by atoms with Crippen LogP contribution in [0.5, 0.6) is 0 Å². The Morgan fingerprint density at radius 1 is 1.35 bits per heavy atom. The first-order chi connectivity index (χ1) is 8.08. The first-order valence-corrected chi connectivity index (χ1v) is 5.69. The first-order valence-electron chi connectivity index (χ1n) is 5.28. The van der Waals surface area contributed by atoms with Crippen molar-refractivity contribution in [2.75, 3.05) is 13.2 Å². The quantitative estimate of drug-likeness (QED) is 0.561. The highest BCUT2D eigenvalue weighted by atomic mass is 32.1. The van der Waals surface area contributed by atoms with Gasteiger partial charge < -0.3 is 14.8 Å². The van der Waals surface area contributed by atoms with Crippen molar-refractivity contribution >= 4 is 35.0 Å². The molecule has 0 radical (unpaired) electrons. The lowest BCUT2D eigenvalue weighted by Gasteiger charge is -2.11. The third kappa shape index (κ3) is 3.77. The van der Waals surface area contributed by atoms with Crippen LogP contribution in [0.25, 0.3) is 0 Å². The van der Waals surface area contributed by atoms with Gasteiger partial charge in [-0.05, 0) is 26.1 Å². The number of aliphatic imine (C=N–C) groups is 1. The highest BCUT2D eigenvalue weighted by Crippen LogP contribution is 2.07. The third-order valence-electron chi connectivity index (χ3n) is 2.00. The van der Waals surface area contributed by atoms with Crippen LogP contribution in [0.4, 0.5) is 0 Å². The van der Waals surface area contributed by atoms with Crippen molar-refractivity contribution < 1.29 is 19.1 Å². The number of carbonyl (C=O) groups is 2. The first kappa shape index (κ1) is 13.6. The zero-order valence-electron chi connectivity index (χ0n) is 9.69. The van der Waals surface area contributed by atoms with Gasteiger partial charge in [-0.25, -0.2) is 9.79 Å². The maximum Gasteiger partial charge on any atom is 0.334 e. The van der Waals surface area contributed by atoms with Gasteiger partial charge in [-0.2, -0.15) is 0 Å². The number of nitrogens with one attached hydrogen (secondary N) is 1. The molecule has 0 aliphatic carbocycles. The number of nitrogens with zero attached hydrogens (tertiary/aromatic N) is 1. The molecule has 0 spiro atoms. The minimum absolute atomic E-state index is 0.0650. The summed E-state index contributed by atoms with van der Waals surface area (Å²) < 4.78 is 9.64. The minimum atomic E-state index is -0.771. The van der Waals surface area contributed by atoms with Gasteiger partial charge in [0.2, 0.25) is 0 Å². The van der Waals surface area contributed by atoms with E-state index < -0.39 is 18.0 Å². The number of hydrogen-bond acceptors (Lipinski definition) is 5. The van der Waals surface area contributed by atoms with E-state index in [2.05, 4.69) is 10.3 Å². The molecule has 6 nitrogen and oxygen atoms in total. The summed E-state index contributed by atoms with van der Waals surface area (Å²) in [6, 6.07) is -0.771. The molecule has 0 aromatic heterocycles. The molecule has 1 N–H and O–H groups in total. The van der Waals surface area contributed by atoms with E-state index in [-0.39, 0.29) is 24.7 Å². The summed E-state index contributed by atoms with van der Waals surface area (Å²) in [7, 11) is 0. The van der Waals surface area contributed by atoms with Crippen molar-refractivity contribution in [3.8, 4) is 0 Å². The van der Waals surface area contributed by atoms with Crippen LogP contribution >= 0.6 is 12.2 Å². The van der Waals surface area contributed by atoms with E-state index in [1.54, 1.807) is 13.8 Å². The molecule has 17 heavy (non-hydrogen) atoms. The Balaban J connectivity index is 2.66. The van der Waals surface area contributed by atoms with Crippen molar-refractivity contribution in [2.45, 2.75) is 26.3 Å². The molecule has 1 heterocycles. The van der Waals surface area contributed by atoms with Gasteiger partial charge in [0.05, 0.1) is 25.3 Å². The number of thiocarbonyl (C=S) groups is 1. The predicted molar refractivity (Wildman–Crippen MR) is 64.8 cm³/mol. The van der Waals surface area contributed by atoms with E-state index in [4.69, 9.17) is 21.7 Å². The molecule has 1 atom stereocenters. The molecule has 0 bridgehead atoms. The van der Waals surface area contributed by atoms with Crippen molar-refractivity contribution in [1.82, 2.24) is 5.32 Å². The van der Waals surface area contributed by atoms with Gasteiger partial charge in [-0.1, -0.05) is 0 Å². The number of ether oxygens (including phenoxy) is 2. The predicted octanol–water partition coefficient (Wildman–Crippen LogP) is 0.200. The third-order valence-corrected chi connectivity index (χ3v) is 2.21. The van der Waals surface area contributed by atoms with Gasteiger partial charge in [0.15, 0.2) is 11.2 Å². The molecule has 0 aromatic rings. The van der Waals surface area contributed by atoms with E-state index in [9.17, 15) is 9.59 Å². The Labute approximate surface area is 104 Å². The highest BCUT2D eigenvalue weighted by molar-refractivity contribution is 7.80. The number of carbonyl (C=O) groups excluding carboxylic acids is 2. The van der Waals surface area contributed by atoms with Gasteiger partial charge in [0.25, 0.3) is 0 Å². The smallest absolute Gasteiger partial charge is 0.334 e. The second-order valence-corrected chi connectivity index (χ2v) is 3.61. The van der Waals surface area contributed by atoms with Crippen LogP contribution in [-0.4, -0.2) is 42.0 Å². The average molecular weight is 258 g/mol. The van der Waals surface area contributed by atoms with Crippen LogP contribution in [0, 0.1) is 0 Å². The fourth-order valence-corrected chi connectivity index (χ4v) is 1.59. The zero-order valence-corrected chi connectivity index (χ0v) is 10.5. The fourth-order valence-electron chi connectivity index (χ4n) is 1.36. The summed E-state index contributed by atoms with van der Waals surface area (Å²) in [6.07, 6.45) is -0.0650. The molecular formula is C10H14N2O4S. The van der Waals surface area contributed by atoms with E-state index in [0.29, 0.717) is 5.71 Å². The molecule has 0 saturated heterocycles. The van der Waals surface area contributed by atoms with Gasteiger partial charge in [-0.15, -0.1) is 0 Å². The standard InChI is InChI=1S/C10H14N2O4S/c1-3-15-7(13)5-6-8(9(14)16-4-2)12-10(17)11-6/h8H,3-5H2,1-2H3,(H,12,17). The number of esters is 2. The van der Waals surface area contributed by atoms with Crippen LogP contribution in [0.2, 0.25) is 0 Å². The van der Waals surface area contributed by atoms with Crippen LogP contribution in [-0.2, 0) is 19.1 Å². The maximum absolute atomic E-state index is 11.6. The molecular weight excluding hydrogens is 244 g/mol. The Kier molecular flexibility index (Phi) is 5.02. The molecule has 0 amide bonds. The Bertz CT molecular complexity index is 367. The summed E-state index contributed by atoms with van der Waals surface area (Å²) in [6.45, 7) is 3.96. The van der Waals surface area contributed by atoms with Gasteiger partial charge in [0, 0.05) is 0 Å². The molecule has 94 valence electrons.